The lowest BCUT2D eigenvalue weighted by Crippen LogP contribution is -2.48. The van der Waals surface area contributed by atoms with Crippen LogP contribution in [0.3, 0.4) is 0 Å². The Hall–Kier alpha value is -0.610. The van der Waals surface area contributed by atoms with Crippen molar-refractivity contribution in [3.05, 3.63) is 0 Å². The monoisotopic (exact) mass is 200 g/mol. The summed E-state index contributed by atoms with van der Waals surface area (Å²) < 4.78 is 4.59. The Morgan fingerprint density at radius 2 is 2.36 bits per heavy atom. The largest absolute Gasteiger partial charge is 0.468 e. The van der Waals surface area contributed by atoms with Gasteiger partial charge in [0.1, 0.15) is 0 Å². The summed E-state index contributed by atoms with van der Waals surface area (Å²) in [6.45, 7) is 4.74. The smallest absolute Gasteiger partial charge is 0.319 e. The number of hydrogen-bond donors (Lipinski definition) is 1. The van der Waals surface area contributed by atoms with Gasteiger partial charge in [0.05, 0.1) is 13.7 Å². The molecule has 0 aliphatic carbocycles. The van der Waals surface area contributed by atoms with Crippen LogP contribution in [0.25, 0.3) is 0 Å². The van der Waals surface area contributed by atoms with Crippen molar-refractivity contribution < 1.29 is 9.53 Å². The van der Waals surface area contributed by atoms with Gasteiger partial charge in [0, 0.05) is 12.6 Å². The maximum atomic E-state index is 10.9. The highest BCUT2D eigenvalue weighted by Crippen LogP contribution is 2.14. The molecule has 0 aromatic heterocycles. The highest BCUT2D eigenvalue weighted by atomic mass is 16.5. The Balaban J connectivity index is 2.27. The molecule has 1 aliphatic heterocycles. The number of esters is 1. The second-order valence-corrected chi connectivity index (χ2v) is 4.09. The van der Waals surface area contributed by atoms with Crippen molar-refractivity contribution in [1.29, 1.82) is 0 Å². The van der Waals surface area contributed by atoms with E-state index >= 15 is 0 Å². The fraction of sp³-hybridized carbons (Fsp3) is 0.900. The number of carbonyl (C=O) groups is 1. The summed E-state index contributed by atoms with van der Waals surface area (Å²) in [6, 6.07) is 0.449. The molecule has 4 heteroatoms. The first kappa shape index (κ1) is 11.5. The van der Waals surface area contributed by atoms with E-state index in [0.29, 0.717) is 18.5 Å². The molecule has 0 amide bonds. The molecule has 0 bridgehead atoms. The average Bonchev–Trinajstić information content (AvgIpc) is 2.16. The standard InChI is InChI=1S/C10H20N2O2/c1-8-7-12(2)5-4-9(8)11-6-10(13)14-3/h8-9,11H,4-7H2,1-3H3. The number of ether oxygens (including phenoxy) is 1. The number of carbonyl (C=O) groups excluding carboxylic acids is 1. The number of likely N-dealkylation sites (tertiary alicyclic amines) is 1. The van der Waals surface area contributed by atoms with Gasteiger partial charge in [-0.25, -0.2) is 0 Å². The van der Waals surface area contributed by atoms with Gasteiger partial charge in [-0.15, -0.1) is 0 Å². The van der Waals surface area contributed by atoms with E-state index in [1.807, 2.05) is 0 Å². The highest BCUT2D eigenvalue weighted by Gasteiger charge is 2.23. The predicted octanol–water partition coefficient (Wildman–Crippen LogP) is 0.0892. The van der Waals surface area contributed by atoms with Crippen LogP contribution in [0.5, 0.6) is 0 Å². The second-order valence-electron chi connectivity index (χ2n) is 4.09. The molecule has 1 aliphatic rings. The lowest BCUT2D eigenvalue weighted by atomic mass is 9.94. The molecule has 2 atom stereocenters. The molecule has 1 fully saturated rings. The lowest BCUT2D eigenvalue weighted by molar-refractivity contribution is -0.139. The number of nitrogens with zero attached hydrogens (tertiary/aromatic N) is 1. The molecule has 1 heterocycles. The van der Waals surface area contributed by atoms with Crippen LogP contribution in [0.1, 0.15) is 13.3 Å². The van der Waals surface area contributed by atoms with Gasteiger partial charge >= 0.3 is 5.97 Å². The minimum Gasteiger partial charge on any atom is -0.468 e. The first-order valence-corrected chi connectivity index (χ1v) is 5.12. The van der Waals surface area contributed by atoms with Crippen molar-refractivity contribution in [1.82, 2.24) is 10.2 Å². The van der Waals surface area contributed by atoms with E-state index in [1.54, 1.807) is 0 Å². The van der Waals surface area contributed by atoms with Crippen molar-refractivity contribution >= 4 is 5.97 Å². The van der Waals surface area contributed by atoms with Gasteiger partial charge in [0.25, 0.3) is 0 Å². The van der Waals surface area contributed by atoms with Crippen LogP contribution in [0, 0.1) is 5.92 Å². The molecule has 4 nitrogen and oxygen atoms in total. The molecule has 0 spiro atoms. The third-order valence-corrected chi connectivity index (χ3v) is 2.84. The minimum atomic E-state index is -0.184. The van der Waals surface area contributed by atoms with E-state index in [1.165, 1.54) is 7.11 Å². The molecule has 1 saturated heterocycles. The topological polar surface area (TPSA) is 41.6 Å². The van der Waals surface area contributed by atoms with Crippen LogP contribution in [0.4, 0.5) is 0 Å². The van der Waals surface area contributed by atoms with Gasteiger partial charge in [0.2, 0.25) is 0 Å². The molecule has 2 unspecified atom stereocenters. The van der Waals surface area contributed by atoms with Crippen LogP contribution < -0.4 is 5.32 Å². The zero-order chi connectivity index (χ0) is 10.6. The normalized spacial score (nSPS) is 28.8. The van der Waals surface area contributed by atoms with Crippen molar-refractivity contribution in [3.8, 4) is 0 Å². The molecule has 1 rings (SSSR count). The molecular formula is C10H20N2O2. The summed E-state index contributed by atoms with van der Waals surface area (Å²) in [5.41, 5.74) is 0. The van der Waals surface area contributed by atoms with Crippen LogP contribution in [-0.2, 0) is 9.53 Å². The molecule has 1 N–H and O–H groups in total. The van der Waals surface area contributed by atoms with E-state index in [9.17, 15) is 4.79 Å². The molecule has 14 heavy (non-hydrogen) atoms. The number of hydrogen-bond acceptors (Lipinski definition) is 4. The summed E-state index contributed by atoms with van der Waals surface area (Å²) in [7, 11) is 3.55. The Bertz CT molecular complexity index is 197. The molecule has 0 radical (unpaired) electrons. The van der Waals surface area contributed by atoms with E-state index < -0.39 is 0 Å². The molecule has 0 saturated carbocycles. The van der Waals surface area contributed by atoms with Crippen LogP contribution in [0.15, 0.2) is 0 Å². The van der Waals surface area contributed by atoms with Crippen LogP contribution in [0.2, 0.25) is 0 Å². The second kappa shape index (κ2) is 5.32. The van der Waals surface area contributed by atoms with E-state index in [-0.39, 0.29) is 5.97 Å². The summed E-state index contributed by atoms with van der Waals surface area (Å²) in [4.78, 5) is 13.3. The van der Waals surface area contributed by atoms with Gasteiger partial charge in [-0.3, -0.25) is 4.79 Å². The van der Waals surface area contributed by atoms with Crippen molar-refractivity contribution in [3.63, 3.8) is 0 Å². The highest BCUT2D eigenvalue weighted by molar-refractivity contribution is 5.71. The number of methoxy groups -OCH3 is 1. The fourth-order valence-electron chi connectivity index (χ4n) is 1.94. The van der Waals surface area contributed by atoms with Crippen molar-refractivity contribution in [2.24, 2.45) is 5.92 Å². The first-order valence-electron chi connectivity index (χ1n) is 5.12. The van der Waals surface area contributed by atoms with E-state index in [0.717, 1.165) is 19.5 Å². The molecule has 82 valence electrons. The summed E-state index contributed by atoms with van der Waals surface area (Å²) in [5.74, 6) is 0.412. The Morgan fingerprint density at radius 1 is 1.64 bits per heavy atom. The summed E-state index contributed by atoms with van der Waals surface area (Å²) >= 11 is 0. The average molecular weight is 200 g/mol. The van der Waals surface area contributed by atoms with Crippen LogP contribution in [-0.4, -0.2) is 50.7 Å². The number of nitrogens with one attached hydrogen (secondary N) is 1. The number of piperidine rings is 1. The molecule has 0 aromatic carbocycles. The predicted molar refractivity (Wildman–Crippen MR) is 55.1 cm³/mol. The maximum absolute atomic E-state index is 10.9. The summed E-state index contributed by atoms with van der Waals surface area (Å²) in [5, 5.41) is 3.24. The Labute approximate surface area is 85.6 Å². The lowest BCUT2D eigenvalue weighted by Gasteiger charge is -2.35. The van der Waals surface area contributed by atoms with Gasteiger partial charge < -0.3 is 15.0 Å². The molecular weight excluding hydrogens is 180 g/mol. The zero-order valence-corrected chi connectivity index (χ0v) is 9.25. The van der Waals surface area contributed by atoms with Gasteiger partial charge in [-0.05, 0) is 25.9 Å². The Morgan fingerprint density at radius 3 is 2.93 bits per heavy atom. The third kappa shape index (κ3) is 3.27. The molecule has 0 aromatic rings. The van der Waals surface area contributed by atoms with Crippen molar-refractivity contribution in [2.75, 3.05) is 33.8 Å². The quantitative estimate of drug-likeness (QED) is 0.656. The fourth-order valence-corrected chi connectivity index (χ4v) is 1.94. The zero-order valence-electron chi connectivity index (χ0n) is 9.25. The van der Waals surface area contributed by atoms with Crippen LogP contribution >= 0.6 is 0 Å². The number of rotatable bonds is 3. The first-order chi connectivity index (χ1) is 6.63. The third-order valence-electron chi connectivity index (χ3n) is 2.84. The summed E-state index contributed by atoms with van der Waals surface area (Å²) in [6.07, 6.45) is 1.11. The maximum Gasteiger partial charge on any atom is 0.319 e. The van der Waals surface area contributed by atoms with Crippen molar-refractivity contribution in [2.45, 2.75) is 19.4 Å². The minimum absolute atomic E-state index is 0.184. The van der Waals surface area contributed by atoms with E-state index in [4.69, 9.17) is 0 Å². The van der Waals surface area contributed by atoms with Gasteiger partial charge in [-0.2, -0.15) is 0 Å². The van der Waals surface area contributed by atoms with E-state index in [2.05, 4.69) is 28.9 Å². The Kier molecular flexibility index (Phi) is 4.35. The van der Waals surface area contributed by atoms with Gasteiger partial charge in [-0.1, -0.05) is 6.92 Å². The SMILES string of the molecule is COC(=O)CNC1CCN(C)CC1C. The van der Waals surface area contributed by atoms with Gasteiger partial charge in [0.15, 0.2) is 0 Å².